The van der Waals surface area contributed by atoms with Gasteiger partial charge in [0.25, 0.3) is 0 Å². The molecule has 0 heterocycles. The van der Waals surface area contributed by atoms with Crippen molar-refractivity contribution in [2.45, 2.75) is 58.4 Å². The predicted octanol–water partition coefficient (Wildman–Crippen LogP) is 5.00. The average molecular weight is 277 g/mol. The van der Waals surface area contributed by atoms with Crippen LogP contribution in [0.25, 0.3) is 0 Å². The standard InChI is InChI=1S/C18H28FN/c1-4-5-14-7-9-15(10-8-14)18(20-3)16-12-13(2)6-11-17(16)19/h6,11-12,14-15,18,20H,4-5,7-10H2,1-3H3. The van der Waals surface area contributed by atoms with Gasteiger partial charge >= 0.3 is 0 Å². The fraction of sp³-hybridized carbons (Fsp3) is 0.667. The highest BCUT2D eigenvalue weighted by Gasteiger charge is 2.28. The van der Waals surface area contributed by atoms with E-state index in [4.69, 9.17) is 0 Å². The first-order chi connectivity index (χ1) is 9.65. The molecule has 0 bridgehead atoms. The van der Waals surface area contributed by atoms with E-state index in [1.54, 1.807) is 6.07 Å². The van der Waals surface area contributed by atoms with Gasteiger partial charge in [0, 0.05) is 11.6 Å². The Hall–Kier alpha value is -0.890. The van der Waals surface area contributed by atoms with Gasteiger partial charge in [0.05, 0.1) is 0 Å². The lowest BCUT2D eigenvalue weighted by molar-refractivity contribution is 0.217. The summed E-state index contributed by atoms with van der Waals surface area (Å²) in [6, 6.07) is 5.63. The number of rotatable bonds is 5. The Labute approximate surface area is 123 Å². The van der Waals surface area contributed by atoms with Crippen LogP contribution in [0.1, 0.15) is 62.6 Å². The second kappa shape index (κ2) is 7.21. The summed E-state index contributed by atoms with van der Waals surface area (Å²) in [7, 11) is 1.96. The minimum atomic E-state index is -0.0642. The van der Waals surface area contributed by atoms with Crippen LogP contribution >= 0.6 is 0 Å². The largest absolute Gasteiger partial charge is 0.313 e. The lowest BCUT2D eigenvalue weighted by atomic mass is 9.75. The third kappa shape index (κ3) is 3.60. The molecule has 2 heteroatoms. The van der Waals surface area contributed by atoms with Gasteiger partial charge in [-0.1, -0.05) is 50.3 Å². The Bertz CT molecular complexity index is 421. The van der Waals surface area contributed by atoms with Crippen LogP contribution in [0.2, 0.25) is 0 Å². The summed E-state index contributed by atoms with van der Waals surface area (Å²) < 4.78 is 14.1. The molecule has 0 amide bonds. The molecule has 0 saturated heterocycles. The maximum atomic E-state index is 14.1. The van der Waals surface area contributed by atoms with Gasteiger partial charge in [0.2, 0.25) is 0 Å². The molecule has 0 aliphatic heterocycles. The first kappa shape index (κ1) is 15.5. The fourth-order valence-corrected chi connectivity index (χ4v) is 3.77. The lowest BCUT2D eigenvalue weighted by Crippen LogP contribution is -2.29. The molecule has 20 heavy (non-hydrogen) atoms. The molecule has 1 aromatic carbocycles. The molecular formula is C18H28FN. The van der Waals surface area contributed by atoms with Crippen LogP contribution in [0.3, 0.4) is 0 Å². The molecule has 1 unspecified atom stereocenters. The van der Waals surface area contributed by atoms with Gasteiger partial charge in [0.15, 0.2) is 0 Å². The third-order valence-corrected chi connectivity index (χ3v) is 4.86. The lowest BCUT2D eigenvalue weighted by Gasteiger charge is -2.34. The number of halogens is 1. The van der Waals surface area contributed by atoms with Crippen molar-refractivity contribution >= 4 is 0 Å². The molecule has 2 rings (SSSR count). The molecule has 1 fully saturated rings. The van der Waals surface area contributed by atoms with E-state index in [-0.39, 0.29) is 11.9 Å². The summed E-state index contributed by atoms with van der Waals surface area (Å²) in [4.78, 5) is 0. The Morgan fingerprint density at radius 2 is 1.95 bits per heavy atom. The first-order valence-corrected chi connectivity index (χ1v) is 8.09. The maximum Gasteiger partial charge on any atom is 0.128 e. The van der Waals surface area contributed by atoms with Crippen LogP contribution in [0.5, 0.6) is 0 Å². The Kier molecular flexibility index (Phi) is 5.59. The van der Waals surface area contributed by atoms with Gasteiger partial charge in [-0.2, -0.15) is 0 Å². The third-order valence-electron chi connectivity index (χ3n) is 4.86. The molecule has 1 atom stereocenters. The first-order valence-electron chi connectivity index (χ1n) is 8.09. The number of hydrogen-bond donors (Lipinski definition) is 1. The van der Waals surface area contributed by atoms with E-state index < -0.39 is 0 Å². The SMILES string of the molecule is CCCC1CCC(C(NC)c2cc(C)ccc2F)CC1. The Morgan fingerprint density at radius 1 is 1.25 bits per heavy atom. The molecule has 0 radical (unpaired) electrons. The van der Waals surface area contributed by atoms with Crippen molar-refractivity contribution in [3.63, 3.8) is 0 Å². The normalized spacial score (nSPS) is 24.6. The minimum Gasteiger partial charge on any atom is -0.313 e. The number of aryl methyl sites for hydroxylation is 1. The molecular weight excluding hydrogens is 249 g/mol. The molecule has 1 N–H and O–H groups in total. The molecule has 0 aromatic heterocycles. The zero-order chi connectivity index (χ0) is 14.5. The summed E-state index contributed by atoms with van der Waals surface area (Å²) in [5, 5.41) is 3.36. The topological polar surface area (TPSA) is 12.0 Å². The van der Waals surface area contributed by atoms with Crippen molar-refractivity contribution in [2.75, 3.05) is 7.05 Å². The van der Waals surface area contributed by atoms with Crippen molar-refractivity contribution in [1.29, 1.82) is 0 Å². The maximum absolute atomic E-state index is 14.1. The molecule has 1 saturated carbocycles. The van der Waals surface area contributed by atoms with Crippen molar-refractivity contribution in [3.8, 4) is 0 Å². The highest BCUT2D eigenvalue weighted by atomic mass is 19.1. The monoisotopic (exact) mass is 277 g/mol. The highest BCUT2D eigenvalue weighted by molar-refractivity contribution is 5.27. The zero-order valence-corrected chi connectivity index (χ0v) is 13.1. The highest BCUT2D eigenvalue weighted by Crippen LogP contribution is 2.39. The minimum absolute atomic E-state index is 0.0642. The van der Waals surface area contributed by atoms with E-state index in [0.717, 1.165) is 17.0 Å². The van der Waals surface area contributed by atoms with E-state index >= 15 is 0 Å². The van der Waals surface area contributed by atoms with Crippen LogP contribution in [0.15, 0.2) is 18.2 Å². The second-order valence-corrected chi connectivity index (χ2v) is 6.36. The molecule has 112 valence electrons. The molecule has 1 aromatic rings. The average Bonchev–Trinajstić information content (AvgIpc) is 2.45. The summed E-state index contributed by atoms with van der Waals surface area (Å²) in [5.74, 6) is 1.41. The van der Waals surface area contributed by atoms with Crippen molar-refractivity contribution < 1.29 is 4.39 Å². The molecule has 1 nitrogen and oxygen atoms in total. The van der Waals surface area contributed by atoms with E-state index in [2.05, 4.69) is 12.2 Å². The quantitative estimate of drug-likeness (QED) is 0.798. The fourth-order valence-electron chi connectivity index (χ4n) is 3.77. The van der Waals surface area contributed by atoms with Crippen LogP contribution in [-0.2, 0) is 0 Å². The second-order valence-electron chi connectivity index (χ2n) is 6.36. The van der Waals surface area contributed by atoms with E-state index in [1.807, 2.05) is 26.1 Å². The summed E-state index contributed by atoms with van der Waals surface area (Å²) >= 11 is 0. The molecule has 1 aliphatic rings. The van der Waals surface area contributed by atoms with Gasteiger partial charge < -0.3 is 5.32 Å². The summed E-state index contributed by atoms with van der Waals surface area (Å²) in [6.07, 6.45) is 7.72. The van der Waals surface area contributed by atoms with Crippen LogP contribution in [0, 0.1) is 24.6 Å². The van der Waals surface area contributed by atoms with Crippen LogP contribution < -0.4 is 5.32 Å². The van der Waals surface area contributed by atoms with Gasteiger partial charge in [-0.05, 0) is 44.7 Å². The van der Waals surface area contributed by atoms with Crippen molar-refractivity contribution in [3.05, 3.63) is 35.1 Å². The number of benzene rings is 1. The Morgan fingerprint density at radius 3 is 2.55 bits per heavy atom. The van der Waals surface area contributed by atoms with Gasteiger partial charge in [-0.25, -0.2) is 4.39 Å². The van der Waals surface area contributed by atoms with Gasteiger partial charge in [0.1, 0.15) is 5.82 Å². The smallest absolute Gasteiger partial charge is 0.128 e. The summed E-state index contributed by atoms with van der Waals surface area (Å²) in [6.45, 7) is 4.30. The Balaban J connectivity index is 2.07. The number of nitrogens with one attached hydrogen (secondary N) is 1. The van der Waals surface area contributed by atoms with Crippen LogP contribution in [0.4, 0.5) is 4.39 Å². The summed E-state index contributed by atoms with van der Waals surface area (Å²) in [5.41, 5.74) is 1.99. The van der Waals surface area contributed by atoms with E-state index in [0.29, 0.717) is 5.92 Å². The molecule has 0 spiro atoms. The van der Waals surface area contributed by atoms with Gasteiger partial charge in [-0.15, -0.1) is 0 Å². The predicted molar refractivity (Wildman–Crippen MR) is 83.3 cm³/mol. The number of hydrogen-bond acceptors (Lipinski definition) is 1. The zero-order valence-electron chi connectivity index (χ0n) is 13.1. The van der Waals surface area contributed by atoms with Crippen molar-refractivity contribution in [2.24, 2.45) is 11.8 Å². The molecule has 1 aliphatic carbocycles. The van der Waals surface area contributed by atoms with E-state index in [9.17, 15) is 4.39 Å². The van der Waals surface area contributed by atoms with Crippen LogP contribution in [-0.4, -0.2) is 7.05 Å². The van der Waals surface area contributed by atoms with E-state index in [1.165, 1.54) is 38.5 Å². The van der Waals surface area contributed by atoms with Crippen molar-refractivity contribution in [1.82, 2.24) is 5.32 Å². The van der Waals surface area contributed by atoms with Gasteiger partial charge in [-0.3, -0.25) is 0 Å².